The van der Waals surface area contributed by atoms with Crippen LogP contribution in [0.2, 0.25) is 0 Å². The molecule has 0 nitrogen and oxygen atoms in total. The van der Waals surface area contributed by atoms with E-state index in [4.69, 9.17) is 0 Å². The highest BCUT2D eigenvalue weighted by atomic mass is 79.9. The van der Waals surface area contributed by atoms with Crippen molar-refractivity contribution >= 4 is 15.9 Å². The van der Waals surface area contributed by atoms with Crippen LogP contribution in [0.4, 0.5) is 0 Å². The molecule has 1 fully saturated rings. The monoisotopic (exact) mass is 326 g/mol. The zero-order valence-electron chi connectivity index (χ0n) is 11.7. The van der Waals surface area contributed by atoms with Crippen LogP contribution in [0.3, 0.4) is 0 Å². The predicted octanol–water partition coefficient (Wildman–Crippen LogP) is 5.41. The highest BCUT2D eigenvalue weighted by molar-refractivity contribution is 9.09. The normalized spacial score (nSPS) is 28.4. The van der Waals surface area contributed by atoms with Gasteiger partial charge in [0.25, 0.3) is 0 Å². The van der Waals surface area contributed by atoms with E-state index in [-0.39, 0.29) is 0 Å². The highest BCUT2D eigenvalue weighted by Gasteiger charge is 2.55. The summed E-state index contributed by atoms with van der Waals surface area (Å²) in [4.78, 5) is 0.504. The fourth-order valence-corrected chi connectivity index (χ4v) is 5.02. The molecule has 1 heteroatoms. The van der Waals surface area contributed by atoms with Gasteiger partial charge < -0.3 is 0 Å². The maximum absolute atomic E-state index is 3.98. The van der Waals surface area contributed by atoms with Gasteiger partial charge in [-0.2, -0.15) is 0 Å². The quantitative estimate of drug-likeness (QED) is 0.647. The van der Waals surface area contributed by atoms with E-state index in [0.717, 1.165) is 17.8 Å². The summed E-state index contributed by atoms with van der Waals surface area (Å²) in [5, 5.41) is 0. The Morgan fingerprint density at radius 2 is 1.80 bits per heavy atom. The van der Waals surface area contributed by atoms with E-state index in [0.29, 0.717) is 4.83 Å². The molecular weight excluding hydrogens is 308 g/mol. The Morgan fingerprint density at radius 3 is 2.60 bits per heavy atom. The fourth-order valence-electron chi connectivity index (χ4n) is 3.99. The first-order chi connectivity index (χ1) is 9.75. The summed E-state index contributed by atoms with van der Waals surface area (Å²) in [5.41, 5.74) is 5.98. The summed E-state index contributed by atoms with van der Waals surface area (Å²) in [6.07, 6.45) is 2.63. The minimum atomic E-state index is 0.504. The van der Waals surface area contributed by atoms with Gasteiger partial charge in [0, 0.05) is 4.83 Å². The smallest absolute Gasteiger partial charge is 0.0432 e. The number of hydrogen-bond acceptors (Lipinski definition) is 0. The van der Waals surface area contributed by atoms with Crippen LogP contribution in [0, 0.1) is 18.8 Å². The summed E-state index contributed by atoms with van der Waals surface area (Å²) in [5.74, 6) is 2.45. The summed E-state index contributed by atoms with van der Waals surface area (Å²) in [6, 6.07) is 18.1. The molecule has 4 atom stereocenters. The van der Waals surface area contributed by atoms with E-state index in [1.54, 1.807) is 11.1 Å². The van der Waals surface area contributed by atoms with Crippen LogP contribution in [0.25, 0.3) is 0 Å². The lowest BCUT2D eigenvalue weighted by molar-refractivity contribution is 0.627. The van der Waals surface area contributed by atoms with Gasteiger partial charge >= 0.3 is 0 Å². The van der Waals surface area contributed by atoms with Gasteiger partial charge in [-0.3, -0.25) is 0 Å². The predicted molar refractivity (Wildman–Crippen MR) is 87.3 cm³/mol. The third-order valence-corrected chi connectivity index (χ3v) is 6.26. The van der Waals surface area contributed by atoms with E-state index in [9.17, 15) is 0 Å². The van der Waals surface area contributed by atoms with Crippen LogP contribution in [-0.2, 0) is 6.42 Å². The molecular formula is C19H19Br. The molecule has 1 saturated carbocycles. The van der Waals surface area contributed by atoms with Crippen molar-refractivity contribution in [3.05, 3.63) is 70.8 Å². The second kappa shape index (κ2) is 4.73. The molecule has 20 heavy (non-hydrogen) atoms. The third-order valence-electron chi connectivity index (χ3n) is 5.12. The summed E-state index contributed by atoms with van der Waals surface area (Å²) >= 11 is 3.98. The number of fused-ring (bicyclic) bond motifs is 3. The Labute approximate surface area is 129 Å². The molecule has 0 bridgehead atoms. The number of alkyl halides is 1. The van der Waals surface area contributed by atoms with Crippen LogP contribution in [0.5, 0.6) is 0 Å². The van der Waals surface area contributed by atoms with Gasteiger partial charge in [-0.15, -0.1) is 0 Å². The molecule has 0 amide bonds. The molecule has 2 aromatic carbocycles. The van der Waals surface area contributed by atoms with E-state index in [1.807, 2.05) is 0 Å². The van der Waals surface area contributed by atoms with Crippen molar-refractivity contribution < 1.29 is 0 Å². The van der Waals surface area contributed by atoms with E-state index in [2.05, 4.69) is 71.4 Å². The number of rotatable bonds is 2. The summed E-state index contributed by atoms with van der Waals surface area (Å²) in [6.45, 7) is 2.15. The molecule has 0 aromatic heterocycles. The molecule has 0 saturated heterocycles. The van der Waals surface area contributed by atoms with E-state index >= 15 is 0 Å². The van der Waals surface area contributed by atoms with Crippen molar-refractivity contribution in [3.8, 4) is 0 Å². The largest absolute Gasteiger partial charge is 0.0835 e. The lowest BCUT2D eigenvalue weighted by Gasteiger charge is -2.13. The molecule has 2 aliphatic rings. The minimum absolute atomic E-state index is 0.504. The summed E-state index contributed by atoms with van der Waals surface area (Å²) < 4.78 is 0. The maximum atomic E-state index is 3.98. The molecule has 0 spiro atoms. The van der Waals surface area contributed by atoms with Gasteiger partial charge in [0.05, 0.1) is 0 Å². The summed E-state index contributed by atoms with van der Waals surface area (Å²) in [7, 11) is 0. The molecule has 0 N–H and O–H groups in total. The van der Waals surface area contributed by atoms with E-state index in [1.165, 1.54) is 24.0 Å². The average Bonchev–Trinajstić information content (AvgIpc) is 3.22. The highest BCUT2D eigenvalue weighted by Crippen LogP contribution is 2.66. The number of benzene rings is 2. The van der Waals surface area contributed by atoms with Crippen molar-refractivity contribution in [2.75, 3.05) is 0 Å². The van der Waals surface area contributed by atoms with Crippen molar-refractivity contribution in [2.45, 2.75) is 30.5 Å². The maximum Gasteiger partial charge on any atom is 0.0432 e. The molecule has 0 heterocycles. The number of halogens is 1. The topological polar surface area (TPSA) is 0 Å². The van der Waals surface area contributed by atoms with Gasteiger partial charge in [-0.25, -0.2) is 0 Å². The van der Waals surface area contributed by atoms with Crippen LogP contribution in [0.1, 0.15) is 39.4 Å². The zero-order chi connectivity index (χ0) is 13.7. The Morgan fingerprint density at radius 1 is 1.05 bits per heavy atom. The minimum Gasteiger partial charge on any atom is -0.0835 e. The van der Waals surface area contributed by atoms with Crippen molar-refractivity contribution in [2.24, 2.45) is 11.8 Å². The third kappa shape index (κ3) is 1.95. The number of hydrogen-bond donors (Lipinski definition) is 0. The van der Waals surface area contributed by atoms with Gasteiger partial charge in [-0.1, -0.05) is 70.0 Å². The van der Waals surface area contributed by atoms with Crippen LogP contribution in [-0.4, -0.2) is 0 Å². The van der Waals surface area contributed by atoms with Gasteiger partial charge in [0.1, 0.15) is 0 Å². The molecule has 4 unspecified atom stereocenters. The van der Waals surface area contributed by atoms with Crippen LogP contribution in [0.15, 0.2) is 48.5 Å². The second-order valence-electron chi connectivity index (χ2n) is 6.32. The first-order valence-corrected chi connectivity index (χ1v) is 8.46. The Hall–Kier alpha value is -1.08. The molecule has 2 aromatic rings. The molecule has 0 aliphatic heterocycles. The molecule has 2 aliphatic carbocycles. The lowest BCUT2D eigenvalue weighted by atomic mass is 9.92. The molecule has 4 rings (SSSR count). The van der Waals surface area contributed by atoms with Gasteiger partial charge in [-0.05, 0) is 54.2 Å². The average molecular weight is 327 g/mol. The second-order valence-corrected chi connectivity index (χ2v) is 7.30. The van der Waals surface area contributed by atoms with E-state index < -0.39 is 0 Å². The Balaban J connectivity index is 1.62. The molecule has 102 valence electrons. The first-order valence-electron chi connectivity index (χ1n) is 7.54. The number of aryl methyl sites for hydroxylation is 2. The Kier molecular flexibility index (Phi) is 2.99. The van der Waals surface area contributed by atoms with Crippen molar-refractivity contribution in [1.82, 2.24) is 0 Å². The first kappa shape index (κ1) is 12.6. The van der Waals surface area contributed by atoms with Crippen LogP contribution >= 0.6 is 15.9 Å². The SMILES string of the molecule is Cc1ccc(C(Br)C2C3CCc4ccccc4C32)cc1. The lowest BCUT2D eigenvalue weighted by Crippen LogP contribution is -2.00. The van der Waals surface area contributed by atoms with Crippen LogP contribution < -0.4 is 0 Å². The fraction of sp³-hybridized carbons (Fsp3) is 0.368. The zero-order valence-corrected chi connectivity index (χ0v) is 13.3. The van der Waals surface area contributed by atoms with Gasteiger partial charge in [0.2, 0.25) is 0 Å². The molecule has 0 radical (unpaired) electrons. The van der Waals surface area contributed by atoms with Gasteiger partial charge in [0.15, 0.2) is 0 Å². The Bertz CT molecular complexity index is 628. The van der Waals surface area contributed by atoms with Crippen molar-refractivity contribution in [1.29, 1.82) is 0 Å². The van der Waals surface area contributed by atoms with Crippen molar-refractivity contribution in [3.63, 3.8) is 0 Å². The standard InChI is InChI=1S/C19H19Br/c1-12-6-8-14(9-7-12)19(20)18-16-11-10-13-4-2-3-5-15(13)17(16)18/h2-9,16-19H,10-11H2,1H3.